The predicted molar refractivity (Wildman–Crippen MR) is 129 cm³/mol. The van der Waals surface area contributed by atoms with Gasteiger partial charge in [-0.1, -0.05) is 36.0 Å². The van der Waals surface area contributed by atoms with E-state index in [9.17, 15) is 9.59 Å². The average Bonchev–Trinajstić information content (AvgIpc) is 3.13. The Morgan fingerprint density at radius 3 is 2.28 bits per heavy atom. The Morgan fingerprint density at radius 2 is 1.62 bits per heavy atom. The number of anilines is 2. The van der Waals surface area contributed by atoms with E-state index in [-0.39, 0.29) is 24.0 Å². The number of nitrogens with one attached hydrogen (secondary N) is 2. The lowest BCUT2D eigenvalue weighted by molar-refractivity contribution is -0.116. The van der Waals surface area contributed by atoms with Gasteiger partial charge in [-0.15, -0.1) is 10.2 Å². The molecule has 3 aromatic rings. The van der Waals surface area contributed by atoms with Crippen molar-refractivity contribution >= 4 is 35.0 Å². The molecule has 2 N–H and O–H groups in total. The normalized spacial score (nSPS) is 10.8. The summed E-state index contributed by atoms with van der Waals surface area (Å²) in [5.74, 6) is 0.527. The van der Waals surface area contributed by atoms with Crippen LogP contribution in [0.15, 0.2) is 41.6 Å². The van der Waals surface area contributed by atoms with Crippen molar-refractivity contribution in [3.63, 3.8) is 0 Å². The third-order valence-electron chi connectivity index (χ3n) is 5.30. The van der Waals surface area contributed by atoms with Crippen LogP contribution >= 0.6 is 11.8 Å². The van der Waals surface area contributed by atoms with Gasteiger partial charge in [-0.05, 0) is 69.0 Å². The Kier molecular flexibility index (Phi) is 7.69. The standard InChI is InChI=1S/C24H29N5O2S/c1-6-29-20(13-21(30)25-19-11-10-15(2)18(5)12-19)27-28-24(29)32-14-22(31)26-23-16(3)8-7-9-17(23)4/h7-12H,6,13-14H2,1-5H3,(H,25,30)(H,26,31). The third kappa shape index (κ3) is 5.76. The van der Waals surface area contributed by atoms with Crippen molar-refractivity contribution in [2.24, 2.45) is 0 Å². The number of benzene rings is 2. The van der Waals surface area contributed by atoms with E-state index in [0.717, 1.165) is 28.1 Å². The molecule has 0 bridgehead atoms. The highest BCUT2D eigenvalue weighted by molar-refractivity contribution is 7.99. The molecule has 3 rings (SSSR count). The molecule has 0 aliphatic carbocycles. The van der Waals surface area contributed by atoms with Gasteiger partial charge in [-0.2, -0.15) is 0 Å². The molecule has 168 valence electrons. The van der Waals surface area contributed by atoms with Crippen LogP contribution in [0.5, 0.6) is 0 Å². The van der Waals surface area contributed by atoms with Crippen molar-refractivity contribution < 1.29 is 9.59 Å². The number of hydrogen-bond acceptors (Lipinski definition) is 5. The Bertz CT molecular complexity index is 1120. The van der Waals surface area contributed by atoms with Crippen LogP contribution in [0.4, 0.5) is 11.4 Å². The van der Waals surface area contributed by atoms with Crippen LogP contribution in [0.2, 0.25) is 0 Å². The van der Waals surface area contributed by atoms with Gasteiger partial charge in [0.2, 0.25) is 11.8 Å². The molecule has 1 heterocycles. The Hall–Kier alpha value is -3.13. The van der Waals surface area contributed by atoms with Gasteiger partial charge in [0.05, 0.1) is 12.2 Å². The first-order valence-corrected chi connectivity index (χ1v) is 11.5. The molecule has 0 fully saturated rings. The number of carbonyl (C=O) groups is 2. The molecule has 0 unspecified atom stereocenters. The molecule has 0 saturated carbocycles. The number of nitrogens with zero attached hydrogens (tertiary/aromatic N) is 3. The van der Waals surface area contributed by atoms with Gasteiger partial charge < -0.3 is 15.2 Å². The maximum atomic E-state index is 12.5. The van der Waals surface area contributed by atoms with Gasteiger partial charge in [0.15, 0.2) is 5.16 Å². The maximum Gasteiger partial charge on any atom is 0.234 e. The second-order valence-corrected chi connectivity index (χ2v) is 8.71. The number of thioether (sulfide) groups is 1. The highest BCUT2D eigenvalue weighted by atomic mass is 32.2. The van der Waals surface area contributed by atoms with E-state index < -0.39 is 0 Å². The molecule has 0 spiro atoms. The van der Waals surface area contributed by atoms with Crippen LogP contribution in [-0.4, -0.2) is 32.3 Å². The first kappa shape index (κ1) is 23.5. The summed E-state index contributed by atoms with van der Waals surface area (Å²) in [5, 5.41) is 14.9. The average molecular weight is 452 g/mol. The third-order valence-corrected chi connectivity index (χ3v) is 6.26. The molecule has 0 saturated heterocycles. The van der Waals surface area contributed by atoms with Gasteiger partial charge in [-0.25, -0.2) is 0 Å². The van der Waals surface area contributed by atoms with Crippen molar-refractivity contribution in [1.82, 2.24) is 14.8 Å². The fourth-order valence-corrected chi connectivity index (χ4v) is 4.18. The lowest BCUT2D eigenvalue weighted by atomic mass is 10.1. The molecule has 1 aromatic heterocycles. The predicted octanol–water partition coefficient (Wildman–Crippen LogP) is 4.44. The second kappa shape index (κ2) is 10.5. The number of amides is 2. The highest BCUT2D eigenvalue weighted by Crippen LogP contribution is 2.22. The lowest BCUT2D eigenvalue weighted by Crippen LogP contribution is -2.18. The Morgan fingerprint density at radius 1 is 0.906 bits per heavy atom. The number of rotatable bonds is 8. The molecule has 0 atom stereocenters. The van der Waals surface area contributed by atoms with Gasteiger partial charge in [0.1, 0.15) is 5.82 Å². The molecular formula is C24H29N5O2S. The summed E-state index contributed by atoms with van der Waals surface area (Å²) >= 11 is 1.31. The van der Waals surface area contributed by atoms with E-state index in [1.54, 1.807) is 0 Å². The summed E-state index contributed by atoms with van der Waals surface area (Å²) in [6, 6.07) is 11.7. The van der Waals surface area contributed by atoms with Gasteiger partial charge in [-0.3, -0.25) is 9.59 Å². The molecule has 7 nitrogen and oxygen atoms in total. The number of para-hydroxylation sites is 1. The first-order chi connectivity index (χ1) is 15.3. The summed E-state index contributed by atoms with van der Waals surface area (Å²) in [4.78, 5) is 25.0. The number of carbonyl (C=O) groups excluding carboxylic acids is 2. The van der Waals surface area contributed by atoms with Crippen LogP contribution in [0, 0.1) is 27.7 Å². The van der Waals surface area contributed by atoms with Crippen molar-refractivity contribution in [1.29, 1.82) is 0 Å². The van der Waals surface area contributed by atoms with E-state index in [1.807, 2.05) is 75.6 Å². The van der Waals surface area contributed by atoms with Crippen molar-refractivity contribution in [2.45, 2.75) is 52.7 Å². The molecule has 32 heavy (non-hydrogen) atoms. The zero-order valence-electron chi connectivity index (χ0n) is 19.2. The van der Waals surface area contributed by atoms with Crippen molar-refractivity contribution in [3.05, 3.63) is 64.5 Å². The summed E-state index contributed by atoms with van der Waals surface area (Å²) < 4.78 is 1.87. The quantitative estimate of drug-likeness (QED) is 0.494. The first-order valence-electron chi connectivity index (χ1n) is 10.6. The maximum absolute atomic E-state index is 12.5. The number of hydrogen-bond donors (Lipinski definition) is 2. The largest absolute Gasteiger partial charge is 0.326 e. The van der Waals surface area contributed by atoms with Gasteiger partial charge >= 0.3 is 0 Å². The lowest BCUT2D eigenvalue weighted by Gasteiger charge is -2.11. The van der Waals surface area contributed by atoms with Crippen LogP contribution in [0.1, 0.15) is 35.0 Å². The van der Waals surface area contributed by atoms with Crippen molar-refractivity contribution in [2.75, 3.05) is 16.4 Å². The fourth-order valence-electron chi connectivity index (χ4n) is 3.36. The second-order valence-electron chi connectivity index (χ2n) is 7.77. The van der Waals surface area contributed by atoms with E-state index in [0.29, 0.717) is 17.5 Å². The summed E-state index contributed by atoms with van der Waals surface area (Å²) in [7, 11) is 0. The zero-order valence-corrected chi connectivity index (χ0v) is 20.0. The van der Waals surface area contributed by atoms with Crippen LogP contribution in [0.25, 0.3) is 0 Å². The smallest absolute Gasteiger partial charge is 0.234 e. The topological polar surface area (TPSA) is 88.9 Å². The summed E-state index contributed by atoms with van der Waals surface area (Å²) in [6.45, 7) is 10.6. The van der Waals surface area contributed by atoms with Gasteiger partial charge in [0, 0.05) is 17.9 Å². The molecule has 8 heteroatoms. The summed E-state index contributed by atoms with van der Waals surface area (Å²) in [5.41, 5.74) is 5.96. The molecular weight excluding hydrogens is 422 g/mol. The van der Waals surface area contributed by atoms with Gasteiger partial charge in [0.25, 0.3) is 0 Å². The van der Waals surface area contributed by atoms with E-state index in [2.05, 4.69) is 20.8 Å². The van der Waals surface area contributed by atoms with Crippen LogP contribution in [-0.2, 0) is 22.6 Å². The minimum atomic E-state index is -0.153. The molecule has 2 aromatic carbocycles. The minimum absolute atomic E-state index is 0.105. The Balaban J connectivity index is 1.61. The van der Waals surface area contributed by atoms with E-state index >= 15 is 0 Å². The fraction of sp³-hybridized carbons (Fsp3) is 0.333. The highest BCUT2D eigenvalue weighted by Gasteiger charge is 2.17. The molecule has 0 aliphatic rings. The summed E-state index contributed by atoms with van der Waals surface area (Å²) in [6.07, 6.45) is 0.114. The Labute approximate surface area is 193 Å². The van der Waals surface area contributed by atoms with Crippen LogP contribution < -0.4 is 10.6 Å². The SMILES string of the molecule is CCn1c(CC(=O)Nc2ccc(C)c(C)c2)nnc1SCC(=O)Nc1c(C)cccc1C. The molecule has 2 amide bonds. The van der Waals surface area contributed by atoms with Crippen LogP contribution in [0.3, 0.4) is 0 Å². The van der Waals surface area contributed by atoms with E-state index in [4.69, 9.17) is 0 Å². The monoisotopic (exact) mass is 451 g/mol. The molecule has 0 aliphatic heterocycles. The number of aromatic nitrogens is 3. The van der Waals surface area contributed by atoms with E-state index in [1.165, 1.54) is 17.3 Å². The minimum Gasteiger partial charge on any atom is -0.326 e. The van der Waals surface area contributed by atoms with Crippen molar-refractivity contribution in [3.8, 4) is 0 Å². The number of aryl methyl sites for hydroxylation is 4. The molecule has 0 radical (unpaired) electrons. The zero-order chi connectivity index (χ0) is 23.3.